The fourth-order valence-corrected chi connectivity index (χ4v) is 2.08. The fraction of sp³-hybridized carbons (Fsp3) is 0.615. The average molecular weight is 360 g/mol. The lowest BCUT2D eigenvalue weighted by Gasteiger charge is -2.08. The molecule has 0 aliphatic carbocycles. The zero-order valence-electron chi connectivity index (χ0n) is 11.7. The summed E-state index contributed by atoms with van der Waals surface area (Å²) in [6.07, 6.45) is 3.45. The first-order valence-electron chi connectivity index (χ1n) is 6.39. The number of hydrogen-bond acceptors (Lipinski definition) is 3. The molecule has 0 amide bonds. The third kappa shape index (κ3) is 2.99. The highest BCUT2D eigenvalue weighted by Crippen LogP contribution is 2.25. The van der Waals surface area contributed by atoms with E-state index in [9.17, 15) is 0 Å². The van der Waals surface area contributed by atoms with E-state index in [2.05, 4.69) is 58.4 Å². The van der Waals surface area contributed by atoms with Crippen LogP contribution in [-0.2, 0) is 0 Å². The SMILES string of the molecule is CC.CC(C)c1nn(C(C)CI)c2ncncc12. The molecule has 4 nitrogen and oxygen atoms in total. The van der Waals surface area contributed by atoms with E-state index in [1.54, 1.807) is 6.33 Å². The summed E-state index contributed by atoms with van der Waals surface area (Å²) in [4.78, 5) is 8.43. The topological polar surface area (TPSA) is 43.6 Å². The Morgan fingerprint density at radius 1 is 1.28 bits per heavy atom. The Kier molecular flexibility index (Phi) is 5.98. The zero-order chi connectivity index (χ0) is 13.7. The van der Waals surface area contributed by atoms with E-state index >= 15 is 0 Å². The van der Waals surface area contributed by atoms with Crippen LogP contribution in [0.5, 0.6) is 0 Å². The van der Waals surface area contributed by atoms with Gasteiger partial charge >= 0.3 is 0 Å². The lowest BCUT2D eigenvalue weighted by Crippen LogP contribution is -2.09. The van der Waals surface area contributed by atoms with E-state index < -0.39 is 0 Å². The first-order valence-corrected chi connectivity index (χ1v) is 7.91. The number of rotatable bonds is 3. The average Bonchev–Trinajstić information content (AvgIpc) is 2.80. The Hall–Kier alpha value is -0.720. The quantitative estimate of drug-likeness (QED) is 0.615. The van der Waals surface area contributed by atoms with Gasteiger partial charge in [-0.3, -0.25) is 0 Å². The van der Waals surface area contributed by atoms with Gasteiger partial charge in [0.2, 0.25) is 0 Å². The van der Waals surface area contributed by atoms with Crippen molar-refractivity contribution in [3.8, 4) is 0 Å². The predicted octanol–water partition coefficient (Wildman–Crippen LogP) is 3.97. The molecule has 0 bridgehead atoms. The second-order valence-electron chi connectivity index (χ2n) is 4.25. The highest BCUT2D eigenvalue weighted by molar-refractivity contribution is 14.1. The highest BCUT2D eigenvalue weighted by atomic mass is 127. The van der Waals surface area contributed by atoms with Gasteiger partial charge in [-0.1, -0.05) is 50.3 Å². The maximum atomic E-state index is 4.67. The third-order valence-electron chi connectivity index (χ3n) is 2.59. The number of hydrogen-bond donors (Lipinski definition) is 0. The van der Waals surface area contributed by atoms with E-state index in [1.165, 1.54) is 0 Å². The van der Waals surface area contributed by atoms with E-state index in [0.717, 1.165) is 21.2 Å². The predicted molar refractivity (Wildman–Crippen MR) is 84.4 cm³/mol. The van der Waals surface area contributed by atoms with Crippen molar-refractivity contribution in [3.63, 3.8) is 0 Å². The fourth-order valence-electron chi connectivity index (χ4n) is 1.70. The Labute approximate surface area is 122 Å². The van der Waals surface area contributed by atoms with Crippen LogP contribution in [0.25, 0.3) is 11.0 Å². The Bertz CT molecular complexity index is 493. The molecule has 2 aromatic heterocycles. The summed E-state index contributed by atoms with van der Waals surface area (Å²) in [6.45, 7) is 10.5. The normalized spacial score (nSPS) is 12.4. The van der Waals surface area contributed by atoms with Crippen LogP contribution in [0.1, 0.15) is 52.3 Å². The molecule has 1 atom stereocenters. The standard InChI is InChI=1S/C11H15IN4.C2H6/c1-7(2)10-9-5-13-6-14-11(9)16(15-10)8(3)4-12;1-2/h5-8H,4H2,1-3H3;1-2H3. The van der Waals surface area contributed by atoms with Crippen LogP contribution < -0.4 is 0 Å². The van der Waals surface area contributed by atoms with Crippen LogP contribution >= 0.6 is 22.6 Å². The van der Waals surface area contributed by atoms with Gasteiger partial charge < -0.3 is 0 Å². The van der Waals surface area contributed by atoms with Crippen LogP contribution in [0.4, 0.5) is 0 Å². The molecule has 0 aliphatic rings. The van der Waals surface area contributed by atoms with Crippen LogP contribution in [0.15, 0.2) is 12.5 Å². The van der Waals surface area contributed by atoms with Gasteiger partial charge in [-0.25, -0.2) is 14.6 Å². The third-order valence-corrected chi connectivity index (χ3v) is 3.86. The molecule has 0 aliphatic heterocycles. The van der Waals surface area contributed by atoms with Crippen molar-refractivity contribution in [2.45, 2.75) is 46.6 Å². The molecule has 0 saturated heterocycles. The largest absolute Gasteiger partial charge is 0.244 e. The highest BCUT2D eigenvalue weighted by Gasteiger charge is 2.17. The van der Waals surface area contributed by atoms with Crippen molar-refractivity contribution in [2.24, 2.45) is 0 Å². The summed E-state index contributed by atoms with van der Waals surface area (Å²) in [6, 6.07) is 0.366. The lowest BCUT2D eigenvalue weighted by atomic mass is 10.1. The monoisotopic (exact) mass is 360 g/mol. The Morgan fingerprint density at radius 2 is 1.94 bits per heavy atom. The minimum absolute atomic E-state index is 0.366. The molecule has 100 valence electrons. The molecule has 2 aromatic rings. The maximum Gasteiger partial charge on any atom is 0.161 e. The van der Waals surface area contributed by atoms with Crippen LogP contribution in [0, 0.1) is 0 Å². The number of aromatic nitrogens is 4. The first kappa shape index (κ1) is 15.3. The summed E-state index contributed by atoms with van der Waals surface area (Å²) in [5, 5.41) is 5.75. The smallest absolute Gasteiger partial charge is 0.161 e. The van der Waals surface area contributed by atoms with E-state index in [4.69, 9.17) is 0 Å². The van der Waals surface area contributed by atoms with Crippen molar-refractivity contribution >= 4 is 33.6 Å². The summed E-state index contributed by atoms with van der Waals surface area (Å²) >= 11 is 2.37. The number of halogens is 1. The molecule has 0 saturated carbocycles. The van der Waals surface area contributed by atoms with Gasteiger partial charge in [0, 0.05) is 10.6 Å². The number of alkyl halides is 1. The van der Waals surface area contributed by atoms with Gasteiger partial charge in [-0.05, 0) is 12.8 Å². The molecular formula is C13H21IN4. The summed E-state index contributed by atoms with van der Waals surface area (Å²) in [5.41, 5.74) is 2.04. The maximum absolute atomic E-state index is 4.67. The van der Waals surface area contributed by atoms with Crippen molar-refractivity contribution in [3.05, 3.63) is 18.2 Å². The second kappa shape index (κ2) is 7.01. The van der Waals surface area contributed by atoms with Crippen molar-refractivity contribution < 1.29 is 0 Å². The summed E-state index contributed by atoms with van der Waals surface area (Å²) in [7, 11) is 0. The molecule has 1 unspecified atom stereocenters. The van der Waals surface area contributed by atoms with E-state index in [-0.39, 0.29) is 0 Å². The second-order valence-corrected chi connectivity index (χ2v) is 5.13. The Balaban J connectivity index is 0.000000771. The lowest BCUT2D eigenvalue weighted by molar-refractivity contribution is 0.548. The first-order chi connectivity index (χ1) is 8.65. The van der Waals surface area contributed by atoms with Crippen LogP contribution in [0.3, 0.4) is 0 Å². The van der Waals surface area contributed by atoms with Crippen molar-refractivity contribution in [1.82, 2.24) is 19.7 Å². The van der Waals surface area contributed by atoms with Crippen LogP contribution in [0.2, 0.25) is 0 Å². The minimum atomic E-state index is 0.366. The number of nitrogens with zero attached hydrogens (tertiary/aromatic N) is 4. The van der Waals surface area contributed by atoms with Crippen molar-refractivity contribution in [1.29, 1.82) is 0 Å². The molecule has 2 heterocycles. The molecule has 5 heteroatoms. The molecule has 0 radical (unpaired) electrons. The summed E-state index contributed by atoms with van der Waals surface area (Å²) in [5.74, 6) is 0.399. The zero-order valence-corrected chi connectivity index (χ0v) is 13.8. The van der Waals surface area contributed by atoms with Crippen molar-refractivity contribution in [2.75, 3.05) is 4.43 Å². The van der Waals surface area contributed by atoms with Gasteiger partial charge in [0.25, 0.3) is 0 Å². The van der Waals surface area contributed by atoms with Gasteiger partial charge in [0.15, 0.2) is 5.65 Å². The molecular weight excluding hydrogens is 339 g/mol. The molecule has 0 N–H and O–H groups in total. The number of fused-ring (bicyclic) bond motifs is 1. The minimum Gasteiger partial charge on any atom is -0.244 e. The van der Waals surface area contributed by atoms with Gasteiger partial charge in [-0.15, -0.1) is 0 Å². The summed E-state index contributed by atoms with van der Waals surface area (Å²) < 4.78 is 3.04. The molecule has 0 spiro atoms. The molecule has 0 fully saturated rings. The van der Waals surface area contributed by atoms with Gasteiger partial charge in [-0.2, -0.15) is 5.10 Å². The van der Waals surface area contributed by atoms with Gasteiger partial charge in [0.1, 0.15) is 6.33 Å². The Morgan fingerprint density at radius 3 is 2.50 bits per heavy atom. The molecule has 2 rings (SSSR count). The van der Waals surface area contributed by atoms with Gasteiger partial charge in [0.05, 0.1) is 17.1 Å². The molecule has 18 heavy (non-hydrogen) atoms. The van der Waals surface area contributed by atoms with E-state index in [0.29, 0.717) is 12.0 Å². The molecule has 0 aromatic carbocycles. The van der Waals surface area contributed by atoms with E-state index in [1.807, 2.05) is 24.7 Å². The van der Waals surface area contributed by atoms with Crippen LogP contribution in [-0.4, -0.2) is 24.2 Å².